The largest absolute Gasteiger partial charge is 2.00 e. The third kappa shape index (κ3) is 8.69. The number of carboxylic acid groups (broad SMARTS) is 1. The molecular weight excluding hydrogens is 215 g/mol. The van der Waals surface area contributed by atoms with Crippen LogP contribution in [0.15, 0.2) is 0 Å². The van der Waals surface area contributed by atoms with Crippen LogP contribution in [-0.2, 0) is 36.9 Å². The zero-order valence-corrected chi connectivity index (χ0v) is 9.30. The van der Waals surface area contributed by atoms with Gasteiger partial charge in [0.15, 0.2) is 0 Å². The van der Waals surface area contributed by atoms with Crippen molar-refractivity contribution in [2.45, 2.75) is 6.04 Å². The quantitative estimate of drug-likeness (QED) is 0.434. The van der Waals surface area contributed by atoms with Crippen LogP contribution in [0, 0.1) is 0 Å². The van der Waals surface area contributed by atoms with Crippen molar-refractivity contribution in [2.24, 2.45) is 5.73 Å². The average Bonchev–Trinajstić information content (AvgIpc) is 1.65. The molecular formula is C3H6ClNO2SZn. The molecule has 0 aliphatic rings. The van der Waals surface area contributed by atoms with Gasteiger partial charge >= 0.3 is 19.5 Å². The third-order valence-corrected chi connectivity index (χ3v) is 0.841. The van der Waals surface area contributed by atoms with Gasteiger partial charge in [-0.2, -0.15) is 5.75 Å². The maximum atomic E-state index is 9.63. The Morgan fingerprint density at radius 1 is 1.78 bits per heavy atom. The summed E-state index contributed by atoms with van der Waals surface area (Å²) in [6.07, 6.45) is 0. The number of hydrogen-bond acceptors (Lipinski definition) is 4. The molecule has 0 aliphatic heterocycles. The molecule has 1 atom stereocenters. The zero-order valence-electron chi connectivity index (χ0n) is 4.70. The minimum absolute atomic E-state index is 0. The Bertz CT molecular complexity index is 84.2. The van der Waals surface area contributed by atoms with Crippen LogP contribution in [0.3, 0.4) is 0 Å². The summed E-state index contributed by atoms with van der Waals surface area (Å²) in [7, 11) is 0. The molecule has 0 aromatic heterocycles. The predicted octanol–water partition coefficient (Wildman–Crippen LogP) is -1.97. The molecule has 2 N–H and O–H groups in total. The Kier molecular flexibility index (Phi) is 15.8. The van der Waals surface area contributed by atoms with Crippen LogP contribution in [-0.4, -0.2) is 17.8 Å². The van der Waals surface area contributed by atoms with E-state index in [0.717, 1.165) is 0 Å². The van der Waals surface area contributed by atoms with Gasteiger partial charge < -0.3 is 28.3 Å². The number of aliphatic carboxylic acids is 1. The first kappa shape index (κ1) is 16.4. The van der Waals surface area contributed by atoms with E-state index in [1.165, 1.54) is 0 Å². The minimum atomic E-state index is -1.28. The van der Waals surface area contributed by atoms with Gasteiger partial charge in [-0.25, -0.2) is 0 Å². The van der Waals surface area contributed by atoms with Crippen LogP contribution in [0.2, 0.25) is 0 Å². The van der Waals surface area contributed by atoms with Crippen molar-refractivity contribution in [3.05, 3.63) is 0 Å². The van der Waals surface area contributed by atoms with Gasteiger partial charge in [-0.1, -0.05) is 0 Å². The summed E-state index contributed by atoms with van der Waals surface area (Å²) in [5, 5.41) is 9.63. The smallest absolute Gasteiger partial charge is 0.791 e. The van der Waals surface area contributed by atoms with Gasteiger partial charge in [-0.3, -0.25) is 0 Å². The molecule has 3 nitrogen and oxygen atoms in total. The maximum Gasteiger partial charge on any atom is 2.00 e. The standard InChI is InChI=1S/C3H7NO2S.ClH.Zn/c4-2(1-7)3(5)6;;/h2,7H,1,4H2,(H,5,6);1H;/q;;+2/p-2. The monoisotopic (exact) mass is 219 g/mol. The molecule has 0 radical (unpaired) electrons. The zero-order chi connectivity index (χ0) is 5.86. The second kappa shape index (κ2) is 8.69. The van der Waals surface area contributed by atoms with E-state index in [1.54, 1.807) is 0 Å². The summed E-state index contributed by atoms with van der Waals surface area (Å²) >= 11 is 4.31. The molecule has 0 aromatic rings. The average molecular weight is 221 g/mol. The fourth-order valence-electron chi connectivity index (χ4n) is 0.0680. The number of carbonyl (C=O) groups excluding carboxylic acids is 1. The molecule has 0 heterocycles. The van der Waals surface area contributed by atoms with Gasteiger partial charge in [0.05, 0.1) is 5.97 Å². The van der Waals surface area contributed by atoms with E-state index in [1.807, 2.05) is 0 Å². The number of carboxylic acids is 1. The molecule has 0 amide bonds. The second-order valence-corrected chi connectivity index (χ2v) is 1.43. The molecule has 6 heteroatoms. The molecule has 0 saturated heterocycles. The van der Waals surface area contributed by atoms with E-state index in [0.29, 0.717) is 0 Å². The van der Waals surface area contributed by atoms with Crippen LogP contribution in [0.5, 0.6) is 0 Å². The Morgan fingerprint density at radius 3 is 2.11 bits per heavy atom. The van der Waals surface area contributed by atoms with E-state index in [2.05, 4.69) is 12.6 Å². The number of nitrogens with two attached hydrogens (primary N) is 1. The SMILES string of the molecule is Cl.NC(C[S-])C(=O)[O-].[Zn+2]. The first-order chi connectivity index (χ1) is 3.18. The van der Waals surface area contributed by atoms with E-state index < -0.39 is 12.0 Å². The molecule has 50 valence electrons. The summed E-state index contributed by atoms with van der Waals surface area (Å²) in [6.45, 7) is 0. The fourth-order valence-corrected chi connectivity index (χ4v) is 0.204. The third-order valence-electron chi connectivity index (χ3n) is 0.482. The maximum absolute atomic E-state index is 9.63. The van der Waals surface area contributed by atoms with Crippen molar-refractivity contribution in [1.82, 2.24) is 0 Å². The summed E-state index contributed by atoms with van der Waals surface area (Å²) in [5.41, 5.74) is 4.85. The van der Waals surface area contributed by atoms with Gasteiger partial charge in [-0.15, -0.1) is 12.4 Å². The fraction of sp³-hybridized carbons (Fsp3) is 0.667. The van der Waals surface area contributed by atoms with Gasteiger partial charge in [0.1, 0.15) is 0 Å². The molecule has 0 aromatic carbocycles. The molecule has 0 saturated carbocycles. The molecule has 0 bridgehead atoms. The topological polar surface area (TPSA) is 66.2 Å². The number of rotatable bonds is 2. The van der Waals surface area contributed by atoms with E-state index in [4.69, 9.17) is 5.73 Å². The normalized spacial score (nSPS) is 10.4. The summed E-state index contributed by atoms with van der Waals surface area (Å²) in [4.78, 5) is 9.63. The Labute approximate surface area is 78.0 Å². The summed E-state index contributed by atoms with van der Waals surface area (Å²) < 4.78 is 0. The summed E-state index contributed by atoms with van der Waals surface area (Å²) in [5.74, 6) is -1.27. The molecule has 0 fully saturated rings. The van der Waals surface area contributed by atoms with Gasteiger partial charge in [-0.05, 0) is 0 Å². The first-order valence-corrected chi connectivity index (χ1v) is 2.30. The van der Waals surface area contributed by atoms with Gasteiger partial charge in [0.25, 0.3) is 0 Å². The second-order valence-electron chi connectivity index (χ2n) is 1.09. The summed E-state index contributed by atoms with van der Waals surface area (Å²) in [6, 6.07) is -0.977. The van der Waals surface area contributed by atoms with Gasteiger partial charge in [0, 0.05) is 6.04 Å². The molecule has 0 rings (SSSR count). The van der Waals surface area contributed by atoms with Crippen LogP contribution in [0.1, 0.15) is 0 Å². The van der Waals surface area contributed by atoms with Crippen molar-refractivity contribution < 1.29 is 29.4 Å². The van der Waals surface area contributed by atoms with Crippen molar-refractivity contribution in [3.8, 4) is 0 Å². The van der Waals surface area contributed by atoms with E-state index in [-0.39, 0.29) is 37.6 Å². The van der Waals surface area contributed by atoms with Crippen molar-refractivity contribution in [2.75, 3.05) is 5.75 Å². The van der Waals surface area contributed by atoms with Gasteiger partial charge in [0.2, 0.25) is 0 Å². The number of hydrogen-bond donors (Lipinski definition) is 1. The Morgan fingerprint density at radius 2 is 2.11 bits per heavy atom. The van der Waals surface area contributed by atoms with Crippen LogP contribution >= 0.6 is 12.4 Å². The number of carbonyl (C=O) groups is 1. The minimum Gasteiger partial charge on any atom is -0.791 e. The molecule has 9 heavy (non-hydrogen) atoms. The Balaban J connectivity index is -0.000000180. The van der Waals surface area contributed by atoms with Crippen LogP contribution in [0.4, 0.5) is 0 Å². The Hall–Kier alpha value is 0.693. The van der Waals surface area contributed by atoms with Crippen LogP contribution in [0.25, 0.3) is 0 Å². The van der Waals surface area contributed by atoms with Crippen LogP contribution < -0.4 is 10.8 Å². The van der Waals surface area contributed by atoms with Crippen molar-refractivity contribution >= 4 is 31.0 Å². The van der Waals surface area contributed by atoms with E-state index in [9.17, 15) is 9.90 Å². The molecule has 0 spiro atoms. The van der Waals surface area contributed by atoms with E-state index >= 15 is 0 Å². The molecule has 0 aliphatic carbocycles. The number of halogens is 1. The first-order valence-electron chi connectivity index (χ1n) is 1.73. The van der Waals surface area contributed by atoms with Crippen molar-refractivity contribution in [1.29, 1.82) is 0 Å². The predicted molar refractivity (Wildman–Crippen MR) is 32.5 cm³/mol. The van der Waals surface area contributed by atoms with Crippen molar-refractivity contribution in [3.63, 3.8) is 0 Å². The molecule has 1 unspecified atom stereocenters.